The number of carbonyl (C=O) groups is 2. The minimum absolute atomic E-state index is 0.193. The third kappa shape index (κ3) is 3.88. The Morgan fingerprint density at radius 2 is 2.09 bits per heavy atom. The third-order valence-corrected chi connectivity index (χ3v) is 4.07. The van der Waals surface area contributed by atoms with Crippen LogP contribution in [0, 0.1) is 0 Å². The molecule has 1 saturated heterocycles. The van der Waals surface area contributed by atoms with Gasteiger partial charge in [0, 0.05) is 24.5 Å². The molecule has 3 rings (SSSR count). The average Bonchev–Trinajstić information content (AvgIpc) is 3.28. The van der Waals surface area contributed by atoms with Crippen LogP contribution in [0.2, 0.25) is 0 Å². The van der Waals surface area contributed by atoms with E-state index in [9.17, 15) is 9.59 Å². The molecule has 1 aliphatic heterocycles. The monoisotopic (exact) mass is 332 g/mol. The van der Waals surface area contributed by atoms with Crippen molar-refractivity contribution in [1.82, 2.24) is 10.2 Å². The number of nitrogens with zero attached hydrogens (tertiary/aromatic N) is 1. The van der Waals surface area contributed by atoms with Gasteiger partial charge in [-0.2, -0.15) is 11.3 Å². The van der Waals surface area contributed by atoms with Crippen LogP contribution in [0.15, 0.2) is 45.3 Å². The first-order valence-corrected chi connectivity index (χ1v) is 8.14. The molecule has 0 unspecified atom stereocenters. The molecule has 2 aromatic rings. The molecular formula is C16H16N2O4S. The topological polar surface area (TPSA) is 71.8 Å². The summed E-state index contributed by atoms with van der Waals surface area (Å²) in [5, 5.41) is 6.24. The number of furan rings is 1. The molecule has 1 fully saturated rings. The number of morpholine rings is 1. The molecular weight excluding hydrogens is 316 g/mol. The summed E-state index contributed by atoms with van der Waals surface area (Å²) in [7, 11) is 0. The number of rotatable bonds is 4. The summed E-state index contributed by atoms with van der Waals surface area (Å²) in [5.74, 6) is -0.0498. The quantitative estimate of drug-likeness (QED) is 0.869. The molecule has 1 aliphatic rings. The second-order valence-corrected chi connectivity index (χ2v) is 5.72. The van der Waals surface area contributed by atoms with E-state index in [1.807, 2.05) is 5.38 Å². The maximum Gasteiger partial charge on any atom is 0.270 e. The second kappa shape index (κ2) is 7.26. The fourth-order valence-corrected chi connectivity index (χ4v) is 2.83. The summed E-state index contributed by atoms with van der Waals surface area (Å²) >= 11 is 1.43. The summed E-state index contributed by atoms with van der Waals surface area (Å²) in [6.07, 6.45) is 3.06. The predicted octanol–water partition coefficient (Wildman–Crippen LogP) is 1.97. The second-order valence-electron chi connectivity index (χ2n) is 4.94. The van der Waals surface area contributed by atoms with Crippen molar-refractivity contribution >= 4 is 29.2 Å². The van der Waals surface area contributed by atoms with Crippen LogP contribution in [0.3, 0.4) is 0 Å². The van der Waals surface area contributed by atoms with Gasteiger partial charge in [-0.1, -0.05) is 0 Å². The molecule has 6 nitrogen and oxygen atoms in total. The number of thiophene rings is 1. The maximum absolute atomic E-state index is 12.7. The van der Waals surface area contributed by atoms with Crippen molar-refractivity contribution in [3.63, 3.8) is 0 Å². The summed E-state index contributed by atoms with van der Waals surface area (Å²) in [6, 6.07) is 5.16. The first-order chi connectivity index (χ1) is 11.2. The van der Waals surface area contributed by atoms with E-state index in [0.29, 0.717) is 37.6 Å². The van der Waals surface area contributed by atoms with Crippen LogP contribution in [0.4, 0.5) is 0 Å². The van der Waals surface area contributed by atoms with Gasteiger partial charge in [0.15, 0.2) is 0 Å². The minimum atomic E-state index is -0.314. The number of ether oxygens (including phenoxy) is 1. The van der Waals surface area contributed by atoms with Gasteiger partial charge in [-0.15, -0.1) is 0 Å². The number of hydrogen-bond acceptors (Lipinski definition) is 5. The van der Waals surface area contributed by atoms with Crippen LogP contribution in [0.25, 0.3) is 6.08 Å². The molecule has 0 saturated carbocycles. The highest BCUT2D eigenvalue weighted by atomic mass is 32.1. The SMILES string of the molecule is O=C(N/C(=C/c1ccco1)C(=O)N1CCOCC1)c1ccsc1. The smallest absolute Gasteiger partial charge is 0.270 e. The van der Waals surface area contributed by atoms with Gasteiger partial charge in [-0.05, 0) is 23.6 Å². The predicted molar refractivity (Wildman–Crippen MR) is 85.9 cm³/mol. The van der Waals surface area contributed by atoms with Crippen molar-refractivity contribution in [3.8, 4) is 0 Å². The van der Waals surface area contributed by atoms with Crippen LogP contribution in [0.1, 0.15) is 16.1 Å². The van der Waals surface area contributed by atoms with Gasteiger partial charge < -0.3 is 19.4 Å². The van der Waals surface area contributed by atoms with Gasteiger partial charge in [0.25, 0.3) is 11.8 Å². The lowest BCUT2D eigenvalue weighted by atomic mass is 10.2. The molecule has 0 aliphatic carbocycles. The molecule has 7 heteroatoms. The summed E-state index contributed by atoms with van der Waals surface area (Å²) in [5.41, 5.74) is 0.716. The molecule has 0 aromatic carbocycles. The summed E-state index contributed by atoms with van der Waals surface area (Å²) < 4.78 is 10.5. The Bertz CT molecular complexity index is 686. The van der Waals surface area contributed by atoms with Crippen molar-refractivity contribution in [3.05, 3.63) is 52.2 Å². The van der Waals surface area contributed by atoms with Crippen LogP contribution >= 0.6 is 11.3 Å². The van der Waals surface area contributed by atoms with Crippen LogP contribution in [-0.4, -0.2) is 43.0 Å². The molecule has 0 radical (unpaired) electrons. The molecule has 120 valence electrons. The van der Waals surface area contributed by atoms with Crippen molar-refractivity contribution < 1.29 is 18.7 Å². The molecule has 23 heavy (non-hydrogen) atoms. The Labute approximate surface area is 137 Å². The number of hydrogen-bond donors (Lipinski definition) is 1. The molecule has 0 spiro atoms. The molecule has 1 N–H and O–H groups in total. The summed E-state index contributed by atoms with van der Waals surface area (Å²) in [4.78, 5) is 26.6. The van der Waals surface area contributed by atoms with Crippen molar-refractivity contribution in [2.75, 3.05) is 26.3 Å². The van der Waals surface area contributed by atoms with Crippen molar-refractivity contribution in [2.45, 2.75) is 0 Å². The Hall–Kier alpha value is -2.38. The lowest BCUT2D eigenvalue weighted by Crippen LogP contribution is -2.44. The molecule has 0 bridgehead atoms. The highest BCUT2D eigenvalue weighted by molar-refractivity contribution is 7.08. The zero-order valence-electron chi connectivity index (χ0n) is 12.4. The standard InChI is InChI=1S/C16H16N2O4S/c19-15(12-3-9-23-11-12)17-14(10-13-2-1-6-22-13)16(20)18-4-7-21-8-5-18/h1-3,6,9-11H,4-5,7-8H2,(H,17,19)/b14-10+. The van der Waals surface area contributed by atoms with E-state index in [2.05, 4.69) is 5.32 Å². The fourth-order valence-electron chi connectivity index (χ4n) is 2.19. The highest BCUT2D eigenvalue weighted by Crippen LogP contribution is 2.12. The Morgan fingerprint density at radius 3 is 2.74 bits per heavy atom. The lowest BCUT2D eigenvalue weighted by molar-refractivity contribution is -0.131. The first kappa shape index (κ1) is 15.5. The minimum Gasteiger partial charge on any atom is -0.465 e. The van der Waals surface area contributed by atoms with Gasteiger partial charge in [0.2, 0.25) is 0 Å². The average molecular weight is 332 g/mol. The number of amides is 2. The van der Waals surface area contributed by atoms with Crippen molar-refractivity contribution in [2.24, 2.45) is 0 Å². The van der Waals surface area contributed by atoms with E-state index in [1.54, 1.807) is 34.6 Å². The zero-order chi connectivity index (χ0) is 16.1. The summed E-state index contributed by atoms with van der Waals surface area (Å²) in [6.45, 7) is 2.00. The van der Waals surface area contributed by atoms with Gasteiger partial charge >= 0.3 is 0 Å². The number of nitrogens with one attached hydrogen (secondary N) is 1. The molecule has 3 heterocycles. The Kier molecular flexibility index (Phi) is 4.89. The first-order valence-electron chi connectivity index (χ1n) is 7.20. The third-order valence-electron chi connectivity index (χ3n) is 3.39. The van der Waals surface area contributed by atoms with Crippen LogP contribution in [-0.2, 0) is 9.53 Å². The van der Waals surface area contributed by atoms with E-state index in [-0.39, 0.29) is 17.5 Å². The van der Waals surface area contributed by atoms with Crippen molar-refractivity contribution in [1.29, 1.82) is 0 Å². The molecule has 2 amide bonds. The van der Waals surface area contributed by atoms with E-state index >= 15 is 0 Å². The lowest BCUT2D eigenvalue weighted by Gasteiger charge is -2.27. The van der Waals surface area contributed by atoms with E-state index in [0.717, 1.165) is 0 Å². The molecule has 0 atom stereocenters. The number of carbonyl (C=O) groups excluding carboxylic acids is 2. The van der Waals surface area contributed by atoms with Gasteiger partial charge in [-0.3, -0.25) is 9.59 Å². The zero-order valence-corrected chi connectivity index (χ0v) is 13.2. The normalized spacial score (nSPS) is 15.5. The van der Waals surface area contributed by atoms with E-state index < -0.39 is 0 Å². The largest absolute Gasteiger partial charge is 0.465 e. The van der Waals surface area contributed by atoms with E-state index in [1.165, 1.54) is 17.6 Å². The fraction of sp³-hybridized carbons (Fsp3) is 0.250. The van der Waals surface area contributed by atoms with E-state index in [4.69, 9.17) is 9.15 Å². The maximum atomic E-state index is 12.7. The van der Waals surface area contributed by atoms with Gasteiger partial charge in [-0.25, -0.2) is 0 Å². The Balaban J connectivity index is 1.81. The molecule has 2 aromatic heterocycles. The van der Waals surface area contributed by atoms with Gasteiger partial charge in [0.05, 0.1) is 25.0 Å². The van der Waals surface area contributed by atoms with Crippen LogP contribution < -0.4 is 5.32 Å². The Morgan fingerprint density at radius 1 is 1.26 bits per heavy atom. The van der Waals surface area contributed by atoms with Crippen LogP contribution in [0.5, 0.6) is 0 Å². The highest BCUT2D eigenvalue weighted by Gasteiger charge is 2.23. The van der Waals surface area contributed by atoms with Gasteiger partial charge in [0.1, 0.15) is 11.5 Å².